The Morgan fingerprint density at radius 3 is 2.68 bits per heavy atom. The van der Waals surface area contributed by atoms with Gasteiger partial charge in [0.2, 0.25) is 0 Å². The first kappa shape index (κ1) is 18.1. The number of rotatable bonds is 5. The number of nitrogens with one attached hydrogen (secondary N) is 1. The monoisotopic (exact) mass is 390 g/mol. The SMILES string of the molecule is CCCC(=NNC(=O)c1sc2cc(C)ccc2c1Cl)c1ccc(C)s1. The van der Waals surface area contributed by atoms with Crippen LogP contribution < -0.4 is 5.43 Å². The molecule has 0 aliphatic heterocycles. The molecular weight excluding hydrogens is 372 g/mol. The van der Waals surface area contributed by atoms with E-state index in [-0.39, 0.29) is 5.91 Å². The lowest BCUT2D eigenvalue weighted by atomic mass is 10.2. The van der Waals surface area contributed by atoms with Crippen molar-refractivity contribution in [2.24, 2.45) is 5.10 Å². The first-order valence-electron chi connectivity index (χ1n) is 8.12. The maximum Gasteiger partial charge on any atom is 0.283 e. The fourth-order valence-electron chi connectivity index (χ4n) is 2.55. The van der Waals surface area contributed by atoms with Crippen molar-refractivity contribution < 1.29 is 4.79 Å². The second-order valence-corrected chi connectivity index (χ2v) is 8.62. The van der Waals surface area contributed by atoms with Crippen LogP contribution in [0.2, 0.25) is 5.02 Å². The molecule has 0 saturated carbocycles. The summed E-state index contributed by atoms with van der Waals surface area (Å²) in [5, 5.41) is 5.79. The number of benzene rings is 1. The van der Waals surface area contributed by atoms with Crippen molar-refractivity contribution >= 4 is 56.0 Å². The zero-order chi connectivity index (χ0) is 18.0. The molecule has 0 saturated heterocycles. The Bertz CT molecular complexity index is 956. The van der Waals surface area contributed by atoms with Crippen molar-refractivity contribution in [3.05, 3.63) is 55.5 Å². The van der Waals surface area contributed by atoms with E-state index >= 15 is 0 Å². The lowest BCUT2D eigenvalue weighted by Crippen LogP contribution is -2.19. The van der Waals surface area contributed by atoms with Crippen LogP contribution in [0.4, 0.5) is 0 Å². The van der Waals surface area contributed by atoms with Gasteiger partial charge in [-0.2, -0.15) is 5.10 Å². The molecular formula is C19H19ClN2OS2. The van der Waals surface area contributed by atoms with Gasteiger partial charge >= 0.3 is 0 Å². The van der Waals surface area contributed by atoms with Crippen LogP contribution in [0.15, 0.2) is 35.4 Å². The van der Waals surface area contributed by atoms with Crippen LogP contribution >= 0.6 is 34.3 Å². The summed E-state index contributed by atoms with van der Waals surface area (Å²) in [7, 11) is 0. The first-order chi connectivity index (χ1) is 12.0. The Morgan fingerprint density at radius 2 is 2.00 bits per heavy atom. The Kier molecular flexibility index (Phi) is 5.57. The summed E-state index contributed by atoms with van der Waals surface area (Å²) in [5.41, 5.74) is 4.74. The van der Waals surface area contributed by atoms with Gasteiger partial charge in [0.1, 0.15) is 4.88 Å². The third-order valence-corrected chi connectivity index (χ3v) is 6.50. The van der Waals surface area contributed by atoms with E-state index < -0.39 is 0 Å². The van der Waals surface area contributed by atoms with Gasteiger partial charge in [-0.1, -0.05) is 37.1 Å². The van der Waals surface area contributed by atoms with E-state index in [1.54, 1.807) is 11.3 Å². The summed E-state index contributed by atoms with van der Waals surface area (Å²) in [6, 6.07) is 10.1. The first-order valence-corrected chi connectivity index (χ1v) is 10.1. The fraction of sp³-hybridized carbons (Fsp3) is 0.263. The summed E-state index contributed by atoms with van der Waals surface area (Å²) in [6.07, 6.45) is 1.79. The van der Waals surface area contributed by atoms with Crippen molar-refractivity contribution in [1.29, 1.82) is 0 Å². The van der Waals surface area contributed by atoms with Gasteiger partial charge in [-0.25, -0.2) is 5.43 Å². The molecule has 3 aromatic rings. The predicted octanol–water partition coefficient (Wildman–Crippen LogP) is 6.17. The van der Waals surface area contributed by atoms with Gasteiger partial charge in [-0.3, -0.25) is 4.79 Å². The number of aryl methyl sites for hydroxylation is 2. The molecule has 0 atom stereocenters. The molecule has 3 rings (SSSR count). The van der Waals surface area contributed by atoms with E-state index in [2.05, 4.69) is 36.5 Å². The summed E-state index contributed by atoms with van der Waals surface area (Å²) in [5.74, 6) is -0.259. The summed E-state index contributed by atoms with van der Waals surface area (Å²) in [6.45, 7) is 6.19. The second-order valence-electron chi connectivity index (χ2n) is 5.90. The molecule has 2 heterocycles. The molecule has 1 N–H and O–H groups in total. The molecule has 130 valence electrons. The van der Waals surface area contributed by atoms with Gasteiger partial charge in [0, 0.05) is 15.0 Å². The average molecular weight is 391 g/mol. The van der Waals surface area contributed by atoms with Crippen LogP contribution in [0.25, 0.3) is 10.1 Å². The third kappa shape index (κ3) is 3.94. The lowest BCUT2D eigenvalue weighted by molar-refractivity contribution is 0.0959. The normalized spacial score (nSPS) is 11.9. The maximum absolute atomic E-state index is 12.6. The minimum atomic E-state index is -0.259. The molecule has 0 aliphatic carbocycles. The van der Waals surface area contributed by atoms with Crippen molar-refractivity contribution in [3.63, 3.8) is 0 Å². The molecule has 2 aromatic heterocycles. The second kappa shape index (κ2) is 7.68. The molecule has 1 amide bonds. The minimum Gasteiger partial charge on any atom is -0.266 e. The quantitative estimate of drug-likeness (QED) is 0.411. The third-order valence-electron chi connectivity index (χ3n) is 3.80. The highest BCUT2D eigenvalue weighted by Crippen LogP contribution is 2.35. The number of nitrogens with zero attached hydrogens (tertiary/aromatic N) is 1. The van der Waals surface area contributed by atoms with E-state index in [4.69, 9.17) is 11.6 Å². The summed E-state index contributed by atoms with van der Waals surface area (Å²) >= 11 is 9.49. The minimum absolute atomic E-state index is 0.259. The number of hydrogen-bond acceptors (Lipinski definition) is 4. The summed E-state index contributed by atoms with van der Waals surface area (Å²) in [4.78, 5) is 15.4. The van der Waals surface area contributed by atoms with Gasteiger partial charge in [0.25, 0.3) is 5.91 Å². The molecule has 3 nitrogen and oxygen atoms in total. The molecule has 1 aromatic carbocycles. The van der Waals surface area contributed by atoms with Crippen LogP contribution in [-0.4, -0.2) is 11.6 Å². The number of halogens is 1. The number of hydrogen-bond donors (Lipinski definition) is 1. The van der Waals surface area contributed by atoms with Crippen molar-refractivity contribution in [2.75, 3.05) is 0 Å². The Morgan fingerprint density at radius 1 is 1.20 bits per heavy atom. The van der Waals surface area contributed by atoms with Crippen LogP contribution in [0.5, 0.6) is 0 Å². The molecule has 0 unspecified atom stereocenters. The number of carbonyl (C=O) groups is 1. The molecule has 0 radical (unpaired) electrons. The Labute approximate surface area is 160 Å². The van der Waals surface area contributed by atoms with Gasteiger partial charge in [-0.05, 0) is 44.0 Å². The fourth-order valence-corrected chi connectivity index (χ4v) is 4.94. The van der Waals surface area contributed by atoms with E-state index in [0.717, 1.165) is 39.1 Å². The van der Waals surface area contributed by atoms with E-state index in [9.17, 15) is 4.79 Å². The lowest BCUT2D eigenvalue weighted by Gasteiger charge is -2.03. The topological polar surface area (TPSA) is 41.5 Å². The molecule has 6 heteroatoms. The smallest absolute Gasteiger partial charge is 0.266 e. The van der Waals surface area contributed by atoms with E-state index in [1.165, 1.54) is 16.2 Å². The average Bonchev–Trinajstić information content (AvgIpc) is 3.15. The van der Waals surface area contributed by atoms with Gasteiger partial charge in [0.15, 0.2) is 0 Å². The number of fused-ring (bicyclic) bond motifs is 1. The van der Waals surface area contributed by atoms with Crippen LogP contribution in [-0.2, 0) is 0 Å². The van der Waals surface area contributed by atoms with E-state index in [0.29, 0.717) is 9.90 Å². The number of hydrazone groups is 1. The highest BCUT2D eigenvalue weighted by molar-refractivity contribution is 7.21. The standard InChI is InChI=1S/C19H19ClN2OS2/c1-4-5-14(15-9-7-12(3)24-15)21-22-19(23)18-17(20)13-8-6-11(2)10-16(13)25-18/h6-10H,4-5H2,1-3H3,(H,22,23). The van der Waals surface area contributed by atoms with Crippen LogP contribution in [0, 0.1) is 13.8 Å². The molecule has 0 aliphatic rings. The van der Waals surface area contributed by atoms with Crippen molar-refractivity contribution in [3.8, 4) is 0 Å². The van der Waals surface area contributed by atoms with Gasteiger partial charge in [0.05, 0.1) is 15.6 Å². The molecule has 0 spiro atoms. The number of amides is 1. The molecule has 0 bridgehead atoms. The van der Waals surface area contributed by atoms with Crippen LogP contribution in [0.1, 0.15) is 44.8 Å². The maximum atomic E-state index is 12.6. The van der Waals surface area contributed by atoms with Gasteiger partial charge in [-0.15, -0.1) is 22.7 Å². The Hall–Kier alpha value is -1.69. The zero-order valence-electron chi connectivity index (χ0n) is 14.4. The van der Waals surface area contributed by atoms with Crippen molar-refractivity contribution in [2.45, 2.75) is 33.6 Å². The predicted molar refractivity (Wildman–Crippen MR) is 110 cm³/mol. The zero-order valence-corrected chi connectivity index (χ0v) is 16.7. The highest BCUT2D eigenvalue weighted by atomic mass is 35.5. The van der Waals surface area contributed by atoms with Crippen LogP contribution in [0.3, 0.4) is 0 Å². The van der Waals surface area contributed by atoms with Crippen molar-refractivity contribution in [1.82, 2.24) is 5.43 Å². The molecule has 25 heavy (non-hydrogen) atoms. The largest absolute Gasteiger partial charge is 0.283 e. The molecule has 0 fully saturated rings. The van der Waals surface area contributed by atoms with E-state index in [1.807, 2.05) is 25.1 Å². The number of carbonyl (C=O) groups excluding carboxylic acids is 1. The number of thiophene rings is 2. The Balaban J connectivity index is 1.87. The highest BCUT2D eigenvalue weighted by Gasteiger charge is 2.17. The van der Waals surface area contributed by atoms with Gasteiger partial charge < -0.3 is 0 Å². The summed E-state index contributed by atoms with van der Waals surface area (Å²) < 4.78 is 1.02.